The van der Waals surface area contributed by atoms with Gasteiger partial charge in [-0.15, -0.1) is 0 Å². The van der Waals surface area contributed by atoms with Gasteiger partial charge < -0.3 is 9.94 Å². The molecule has 0 aliphatic heterocycles. The van der Waals surface area contributed by atoms with Gasteiger partial charge in [0.2, 0.25) is 0 Å². The average molecular weight is 221 g/mol. The summed E-state index contributed by atoms with van der Waals surface area (Å²) in [6.45, 7) is 2.11. The molecular formula is C13H19NO2. The Bertz CT molecular complexity index is 322. The van der Waals surface area contributed by atoms with Crippen LogP contribution < -0.4 is 0 Å². The fourth-order valence-corrected chi connectivity index (χ4v) is 1.54. The molecule has 0 aromatic heterocycles. The van der Waals surface area contributed by atoms with Crippen LogP contribution in [0, 0.1) is 0 Å². The molecule has 88 valence electrons. The number of aliphatic hydroxyl groups excluding tert-OH is 1. The highest BCUT2D eigenvalue weighted by Crippen LogP contribution is 2.17. The zero-order valence-electron chi connectivity index (χ0n) is 9.89. The van der Waals surface area contributed by atoms with E-state index in [1.54, 1.807) is 0 Å². The molecular weight excluding hydrogens is 202 g/mol. The third kappa shape index (κ3) is 3.66. The topological polar surface area (TPSA) is 41.8 Å². The first kappa shape index (κ1) is 12.7. The monoisotopic (exact) mass is 221 g/mol. The molecule has 0 aliphatic carbocycles. The zero-order chi connectivity index (χ0) is 11.8. The van der Waals surface area contributed by atoms with E-state index < -0.39 is 6.10 Å². The minimum Gasteiger partial charge on any atom is -0.399 e. The van der Waals surface area contributed by atoms with Gasteiger partial charge >= 0.3 is 0 Å². The highest BCUT2D eigenvalue weighted by atomic mass is 16.6. The van der Waals surface area contributed by atoms with E-state index in [1.807, 2.05) is 30.3 Å². The van der Waals surface area contributed by atoms with Crippen molar-refractivity contribution in [3.63, 3.8) is 0 Å². The maximum Gasteiger partial charge on any atom is 0.120 e. The van der Waals surface area contributed by atoms with Crippen LogP contribution >= 0.6 is 0 Å². The van der Waals surface area contributed by atoms with E-state index in [4.69, 9.17) is 4.84 Å². The molecule has 1 aromatic rings. The molecule has 0 unspecified atom stereocenters. The Hall–Kier alpha value is -1.35. The van der Waals surface area contributed by atoms with Crippen LogP contribution in [0.25, 0.3) is 0 Å². The van der Waals surface area contributed by atoms with Gasteiger partial charge in [0.25, 0.3) is 0 Å². The van der Waals surface area contributed by atoms with Crippen molar-refractivity contribution in [1.82, 2.24) is 0 Å². The predicted octanol–water partition coefficient (Wildman–Crippen LogP) is 2.91. The van der Waals surface area contributed by atoms with Gasteiger partial charge in [-0.05, 0) is 18.4 Å². The van der Waals surface area contributed by atoms with Crippen LogP contribution in [0.4, 0.5) is 0 Å². The Balaban J connectivity index is 2.75. The molecule has 1 atom stereocenters. The Morgan fingerprint density at radius 2 is 2.06 bits per heavy atom. The Labute approximate surface area is 96.7 Å². The van der Waals surface area contributed by atoms with Crippen LogP contribution in [0.15, 0.2) is 35.5 Å². The number of aliphatic hydroxyl groups is 1. The summed E-state index contributed by atoms with van der Waals surface area (Å²) in [6, 6.07) is 9.52. The first-order valence-corrected chi connectivity index (χ1v) is 5.62. The highest BCUT2D eigenvalue weighted by Gasteiger charge is 2.14. The molecule has 1 aromatic carbocycles. The van der Waals surface area contributed by atoms with E-state index in [9.17, 15) is 5.11 Å². The SMILES string of the molecule is CCCC/C(=N\OC)[C@H](O)c1ccccc1. The molecule has 0 radical (unpaired) electrons. The van der Waals surface area contributed by atoms with Crippen molar-refractivity contribution in [1.29, 1.82) is 0 Å². The largest absolute Gasteiger partial charge is 0.399 e. The third-order valence-corrected chi connectivity index (χ3v) is 2.43. The molecule has 0 spiro atoms. The van der Waals surface area contributed by atoms with E-state index >= 15 is 0 Å². The molecule has 0 bridgehead atoms. The number of benzene rings is 1. The van der Waals surface area contributed by atoms with E-state index in [1.165, 1.54) is 7.11 Å². The number of nitrogens with zero attached hydrogens (tertiary/aromatic N) is 1. The Kier molecular flexibility index (Phi) is 5.57. The minimum atomic E-state index is -0.660. The van der Waals surface area contributed by atoms with Gasteiger partial charge in [0, 0.05) is 0 Å². The molecule has 0 aliphatic rings. The van der Waals surface area contributed by atoms with E-state index in [0.29, 0.717) is 5.71 Å². The Morgan fingerprint density at radius 1 is 1.38 bits per heavy atom. The lowest BCUT2D eigenvalue weighted by Gasteiger charge is -2.13. The van der Waals surface area contributed by atoms with Gasteiger partial charge in [-0.2, -0.15) is 0 Å². The van der Waals surface area contributed by atoms with Crippen molar-refractivity contribution < 1.29 is 9.94 Å². The van der Waals surface area contributed by atoms with Gasteiger partial charge in [-0.25, -0.2) is 0 Å². The van der Waals surface area contributed by atoms with Crippen LogP contribution in [0.2, 0.25) is 0 Å². The maximum absolute atomic E-state index is 10.1. The summed E-state index contributed by atoms with van der Waals surface area (Å²) in [6.07, 6.45) is 2.18. The molecule has 0 saturated heterocycles. The molecule has 3 nitrogen and oxygen atoms in total. The summed E-state index contributed by atoms with van der Waals surface area (Å²) < 4.78 is 0. The molecule has 0 amide bonds. The number of hydrogen-bond acceptors (Lipinski definition) is 3. The van der Waals surface area contributed by atoms with Crippen LogP contribution in [-0.4, -0.2) is 17.9 Å². The maximum atomic E-state index is 10.1. The molecule has 1 rings (SSSR count). The van der Waals surface area contributed by atoms with Crippen molar-refractivity contribution in [2.45, 2.75) is 32.3 Å². The summed E-state index contributed by atoms with van der Waals surface area (Å²) in [7, 11) is 1.50. The van der Waals surface area contributed by atoms with Gasteiger partial charge in [0.05, 0.1) is 5.71 Å². The number of oxime groups is 1. The lowest BCUT2D eigenvalue weighted by atomic mass is 10.0. The normalized spacial score (nSPS) is 13.6. The lowest BCUT2D eigenvalue weighted by molar-refractivity contribution is 0.193. The van der Waals surface area contributed by atoms with Crippen LogP contribution in [0.3, 0.4) is 0 Å². The molecule has 0 heterocycles. The quantitative estimate of drug-likeness (QED) is 0.592. The standard InChI is InChI=1S/C13H19NO2/c1-3-4-10-12(14-16-2)13(15)11-8-6-5-7-9-11/h5-9,13,15H,3-4,10H2,1-2H3/b14-12+/t13-/m1/s1. The molecule has 0 saturated carbocycles. The zero-order valence-corrected chi connectivity index (χ0v) is 9.89. The molecule has 0 fully saturated rings. The van der Waals surface area contributed by atoms with Crippen molar-refractivity contribution in [2.24, 2.45) is 5.16 Å². The second-order valence-corrected chi connectivity index (χ2v) is 3.68. The van der Waals surface area contributed by atoms with Crippen molar-refractivity contribution >= 4 is 5.71 Å². The fourth-order valence-electron chi connectivity index (χ4n) is 1.54. The van der Waals surface area contributed by atoms with Crippen molar-refractivity contribution in [3.05, 3.63) is 35.9 Å². The Morgan fingerprint density at radius 3 is 2.62 bits per heavy atom. The average Bonchev–Trinajstić information content (AvgIpc) is 2.35. The van der Waals surface area contributed by atoms with Crippen LogP contribution in [0.5, 0.6) is 0 Å². The van der Waals surface area contributed by atoms with Gasteiger partial charge in [0.15, 0.2) is 0 Å². The minimum absolute atomic E-state index is 0.660. The fraction of sp³-hybridized carbons (Fsp3) is 0.462. The second kappa shape index (κ2) is 7.01. The van der Waals surface area contributed by atoms with E-state index in [0.717, 1.165) is 24.8 Å². The van der Waals surface area contributed by atoms with Gasteiger partial charge in [-0.1, -0.05) is 48.8 Å². The predicted molar refractivity (Wildman–Crippen MR) is 65.4 cm³/mol. The second-order valence-electron chi connectivity index (χ2n) is 3.68. The van der Waals surface area contributed by atoms with Crippen molar-refractivity contribution in [2.75, 3.05) is 7.11 Å². The summed E-state index contributed by atoms with van der Waals surface area (Å²) in [5, 5.41) is 14.0. The number of rotatable bonds is 6. The van der Waals surface area contributed by atoms with Crippen molar-refractivity contribution in [3.8, 4) is 0 Å². The number of unbranched alkanes of at least 4 members (excludes halogenated alkanes) is 1. The van der Waals surface area contributed by atoms with E-state index in [-0.39, 0.29) is 0 Å². The summed E-state index contributed by atoms with van der Waals surface area (Å²) in [5.41, 5.74) is 1.55. The van der Waals surface area contributed by atoms with Gasteiger partial charge in [0.1, 0.15) is 13.2 Å². The lowest BCUT2D eigenvalue weighted by Crippen LogP contribution is -2.12. The first-order chi connectivity index (χ1) is 7.79. The molecule has 1 N–H and O–H groups in total. The van der Waals surface area contributed by atoms with Crippen LogP contribution in [0.1, 0.15) is 37.9 Å². The summed E-state index contributed by atoms with van der Waals surface area (Å²) in [4.78, 5) is 4.77. The third-order valence-electron chi connectivity index (χ3n) is 2.43. The van der Waals surface area contributed by atoms with E-state index in [2.05, 4.69) is 12.1 Å². The summed E-state index contributed by atoms with van der Waals surface area (Å²) in [5.74, 6) is 0. The molecule has 16 heavy (non-hydrogen) atoms. The first-order valence-electron chi connectivity index (χ1n) is 5.62. The smallest absolute Gasteiger partial charge is 0.120 e. The van der Waals surface area contributed by atoms with Crippen LogP contribution in [-0.2, 0) is 4.84 Å². The molecule has 3 heteroatoms. The highest BCUT2D eigenvalue weighted by molar-refractivity contribution is 5.89. The summed E-state index contributed by atoms with van der Waals surface area (Å²) >= 11 is 0. The number of hydrogen-bond donors (Lipinski definition) is 1. The van der Waals surface area contributed by atoms with Gasteiger partial charge in [-0.3, -0.25) is 0 Å².